The molecule has 3 rings (SSSR count). The number of nitrogens with one attached hydrogen (secondary N) is 1. The number of benzene rings is 1. The molecule has 118 valence electrons. The molecular weight excluding hydrogens is 310 g/mol. The van der Waals surface area contributed by atoms with Crippen LogP contribution in [0.3, 0.4) is 0 Å². The molecule has 5 heteroatoms. The Morgan fingerprint density at radius 3 is 2.52 bits per heavy atom. The first kappa shape index (κ1) is 17.0. The van der Waals surface area contributed by atoms with Gasteiger partial charge in [-0.1, -0.05) is 24.4 Å². The van der Waals surface area contributed by atoms with Gasteiger partial charge in [0.05, 0.1) is 0 Å². The highest BCUT2D eigenvalue weighted by molar-refractivity contribution is 6.31. The van der Waals surface area contributed by atoms with Gasteiger partial charge in [-0.05, 0) is 42.5 Å². The highest BCUT2D eigenvalue weighted by Gasteiger charge is 2.33. The van der Waals surface area contributed by atoms with Crippen molar-refractivity contribution < 1.29 is 4.39 Å². The summed E-state index contributed by atoms with van der Waals surface area (Å²) in [6.45, 7) is 4.06. The lowest BCUT2D eigenvalue weighted by atomic mass is 9.89. The van der Waals surface area contributed by atoms with E-state index in [1.54, 1.807) is 12.1 Å². The van der Waals surface area contributed by atoms with Crippen LogP contribution in [0.4, 0.5) is 4.39 Å². The maximum Gasteiger partial charge on any atom is 0.123 e. The van der Waals surface area contributed by atoms with Crippen molar-refractivity contribution in [3.05, 3.63) is 34.6 Å². The van der Waals surface area contributed by atoms with Crippen LogP contribution in [0.1, 0.15) is 37.3 Å². The second-order valence-electron chi connectivity index (χ2n) is 5.94. The van der Waals surface area contributed by atoms with Crippen molar-refractivity contribution in [3.8, 4) is 0 Å². The number of hydrogen-bond donors (Lipinski definition) is 1. The largest absolute Gasteiger partial charge is 0.314 e. The number of piperazine rings is 1. The average Bonchev–Trinajstić information content (AvgIpc) is 2.98. The fourth-order valence-electron chi connectivity index (χ4n) is 3.72. The van der Waals surface area contributed by atoms with Gasteiger partial charge in [0.2, 0.25) is 0 Å². The van der Waals surface area contributed by atoms with Crippen LogP contribution in [0.2, 0.25) is 5.02 Å². The van der Waals surface area contributed by atoms with E-state index in [-0.39, 0.29) is 24.3 Å². The average molecular weight is 333 g/mol. The Labute approximate surface area is 137 Å². The number of halogens is 3. The predicted octanol–water partition coefficient (Wildman–Crippen LogP) is 4.04. The van der Waals surface area contributed by atoms with Crippen LogP contribution in [0.15, 0.2) is 18.2 Å². The van der Waals surface area contributed by atoms with E-state index in [1.165, 1.54) is 31.7 Å². The molecule has 1 aromatic rings. The van der Waals surface area contributed by atoms with Crippen molar-refractivity contribution >= 4 is 24.0 Å². The Bertz CT molecular complexity index is 458. The van der Waals surface area contributed by atoms with E-state index in [0.29, 0.717) is 10.9 Å². The lowest BCUT2D eigenvalue weighted by molar-refractivity contribution is 0.125. The minimum atomic E-state index is -0.178. The Balaban J connectivity index is 0.00000161. The first-order chi connectivity index (χ1) is 9.75. The van der Waals surface area contributed by atoms with Crippen LogP contribution in [0.25, 0.3) is 0 Å². The van der Waals surface area contributed by atoms with Crippen molar-refractivity contribution in [2.24, 2.45) is 5.92 Å². The summed E-state index contributed by atoms with van der Waals surface area (Å²) in [5, 5.41) is 4.10. The van der Waals surface area contributed by atoms with Crippen LogP contribution in [0.5, 0.6) is 0 Å². The first-order valence-corrected chi connectivity index (χ1v) is 8.03. The monoisotopic (exact) mass is 332 g/mol. The smallest absolute Gasteiger partial charge is 0.123 e. The molecule has 0 bridgehead atoms. The van der Waals surface area contributed by atoms with Gasteiger partial charge in [-0.15, -0.1) is 12.4 Å². The number of rotatable bonds is 3. The van der Waals surface area contributed by atoms with Crippen molar-refractivity contribution in [3.63, 3.8) is 0 Å². The van der Waals surface area contributed by atoms with Crippen LogP contribution < -0.4 is 5.32 Å². The molecule has 2 nitrogen and oxygen atoms in total. The Hall–Kier alpha value is -0.350. The highest BCUT2D eigenvalue weighted by atomic mass is 35.5. The zero-order valence-corrected chi connectivity index (χ0v) is 13.7. The van der Waals surface area contributed by atoms with Gasteiger partial charge in [0.1, 0.15) is 5.82 Å². The van der Waals surface area contributed by atoms with Gasteiger partial charge >= 0.3 is 0 Å². The second kappa shape index (κ2) is 7.77. The predicted molar refractivity (Wildman–Crippen MR) is 87.8 cm³/mol. The summed E-state index contributed by atoms with van der Waals surface area (Å²) >= 11 is 6.38. The molecule has 1 N–H and O–H groups in total. The molecule has 0 radical (unpaired) electrons. The summed E-state index contributed by atoms with van der Waals surface area (Å²) in [6.07, 6.45) is 5.06. The van der Waals surface area contributed by atoms with E-state index < -0.39 is 0 Å². The fourth-order valence-corrected chi connectivity index (χ4v) is 3.95. The summed E-state index contributed by atoms with van der Waals surface area (Å²) in [7, 11) is 0. The topological polar surface area (TPSA) is 15.3 Å². The molecule has 0 amide bonds. The molecule has 0 spiro atoms. The molecule has 2 fully saturated rings. The second-order valence-corrected chi connectivity index (χ2v) is 6.35. The summed E-state index contributed by atoms with van der Waals surface area (Å²) in [6, 6.07) is 5.08. The van der Waals surface area contributed by atoms with E-state index in [1.807, 2.05) is 0 Å². The highest BCUT2D eigenvalue weighted by Crippen LogP contribution is 2.42. The van der Waals surface area contributed by atoms with Crippen LogP contribution in [-0.2, 0) is 0 Å². The Morgan fingerprint density at radius 2 is 1.86 bits per heavy atom. The standard InChI is InChI=1S/C16H22ClFN2.ClH/c17-15-6-5-13(18)11-14(15)16(12-3-1-2-4-12)20-9-7-19-8-10-20;/h5-6,11-12,16,19H,1-4,7-10H2;1H/t16-;/m0./s1. The van der Waals surface area contributed by atoms with Crippen molar-refractivity contribution in [2.45, 2.75) is 31.7 Å². The van der Waals surface area contributed by atoms with Gasteiger partial charge in [0.25, 0.3) is 0 Å². The van der Waals surface area contributed by atoms with Gasteiger partial charge in [-0.2, -0.15) is 0 Å². The van der Waals surface area contributed by atoms with Crippen molar-refractivity contribution in [1.82, 2.24) is 10.2 Å². The van der Waals surface area contributed by atoms with Crippen molar-refractivity contribution in [1.29, 1.82) is 0 Å². The lowest BCUT2D eigenvalue weighted by Crippen LogP contribution is -2.46. The zero-order valence-electron chi connectivity index (χ0n) is 12.2. The van der Waals surface area contributed by atoms with Crippen LogP contribution in [-0.4, -0.2) is 31.1 Å². The summed E-state index contributed by atoms with van der Waals surface area (Å²) < 4.78 is 13.7. The molecule has 1 aliphatic heterocycles. The minimum Gasteiger partial charge on any atom is -0.314 e. The molecule has 2 aliphatic rings. The molecule has 1 saturated carbocycles. The molecule has 0 aromatic heterocycles. The summed E-state index contributed by atoms with van der Waals surface area (Å²) in [4.78, 5) is 2.49. The molecule has 1 saturated heterocycles. The van der Waals surface area contributed by atoms with E-state index >= 15 is 0 Å². The van der Waals surface area contributed by atoms with Gasteiger partial charge in [-0.3, -0.25) is 4.90 Å². The van der Waals surface area contributed by atoms with Crippen LogP contribution >= 0.6 is 24.0 Å². The Kier molecular flexibility index (Phi) is 6.30. The maximum atomic E-state index is 13.7. The third-order valence-electron chi connectivity index (χ3n) is 4.67. The van der Waals surface area contributed by atoms with E-state index in [0.717, 1.165) is 31.7 Å². The molecule has 1 aliphatic carbocycles. The van der Waals surface area contributed by atoms with Crippen LogP contribution in [0, 0.1) is 11.7 Å². The number of hydrogen-bond acceptors (Lipinski definition) is 2. The van der Waals surface area contributed by atoms with E-state index in [4.69, 9.17) is 11.6 Å². The fraction of sp³-hybridized carbons (Fsp3) is 0.625. The van der Waals surface area contributed by atoms with Gasteiger partial charge in [0, 0.05) is 37.2 Å². The van der Waals surface area contributed by atoms with Gasteiger partial charge in [-0.25, -0.2) is 4.39 Å². The van der Waals surface area contributed by atoms with Gasteiger partial charge < -0.3 is 5.32 Å². The Morgan fingerprint density at radius 1 is 1.19 bits per heavy atom. The molecule has 1 heterocycles. The van der Waals surface area contributed by atoms with E-state index in [9.17, 15) is 4.39 Å². The molecule has 1 aromatic carbocycles. The summed E-state index contributed by atoms with van der Waals surface area (Å²) in [5.74, 6) is 0.440. The molecular formula is C16H23Cl2FN2. The quantitative estimate of drug-likeness (QED) is 0.898. The molecule has 0 unspecified atom stereocenters. The number of nitrogens with zero attached hydrogens (tertiary/aromatic N) is 1. The summed E-state index contributed by atoms with van der Waals surface area (Å²) in [5.41, 5.74) is 0.987. The molecule has 21 heavy (non-hydrogen) atoms. The molecule has 1 atom stereocenters. The van der Waals surface area contributed by atoms with E-state index in [2.05, 4.69) is 10.2 Å². The SMILES string of the molecule is Cl.Fc1ccc(Cl)c([C@H](C2CCCC2)N2CCNCC2)c1. The third kappa shape index (κ3) is 3.89. The normalized spacial score (nSPS) is 22.0. The maximum absolute atomic E-state index is 13.7. The lowest BCUT2D eigenvalue weighted by Gasteiger charge is -2.39. The third-order valence-corrected chi connectivity index (χ3v) is 5.01. The van der Waals surface area contributed by atoms with Gasteiger partial charge in [0.15, 0.2) is 0 Å². The zero-order chi connectivity index (χ0) is 13.9. The van der Waals surface area contributed by atoms with Crippen molar-refractivity contribution in [2.75, 3.05) is 26.2 Å². The first-order valence-electron chi connectivity index (χ1n) is 7.65. The minimum absolute atomic E-state index is 0.